The van der Waals surface area contributed by atoms with Gasteiger partial charge in [-0.3, -0.25) is 4.79 Å². The molecule has 104 valence electrons. The van der Waals surface area contributed by atoms with Crippen molar-refractivity contribution in [3.05, 3.63) is 47.5 Å². The predicted molar refractivity (Wildman–Crippen MR) is 77.7 cm³/mol. The second kappa shape index (κ2) is 7.10. The number of carbonyl (C=O) groups is 1. The lowest BCUT2D eigenvalue weighted by Gasteiger charge is -2.24. The van der Waals surface area contributed by atoms with Crippen LogP contribution in [0.2, 0.25) is 0 Å². The molecule has 1 unspecified atom stereocenters. The Morgan fingerprint density at radius 1 is 1.26 bits per heavy atom. The molecule has 1 aromatic rings. The molecule has 0 spiro atoms. The molecule has 19 heavy (non-hydrogen) atoms. The summed E-state index contributed by atoms with van der Waals surface area (Å²) in [5, 5.41) is 13.1. The summed E-state index contributed by atoms with van der Waals surface area (Å²) < 4.78 is 0. The number of aliphatic hydroxyl groups is 1. The summed E-state index contributed by atoms with van der Waals surface area (Å²) in [6.07, 6.45) is 3.37. The molecule has 1 aromatic carbocycles. The molecule has 1 atom stereocenters. The van der Waals surface area contributed by atoms with Gasteiger partial charge in [0.1, 0.15) is 5.60 Å². The average molecular weight is 261 g/mol. The van der Waals surface area contributed by atoms with Crippen LogP contribution in [0.15, 0.2) is 42.0 Å². The van der Waals surface area contributed by atoms with Gasteiger partial charge in [0.25, 0.3) is 0 Å². The Bertz CT molecular complexity index is 429. The highest BCUT2D eigenvalue weighted by molar-refractivity contribution is 5.88. The average Bonchev–Trinajstić information content (AvgIpc) is 2.43. The lowest BCUT2D eigenvalue weighted by atomic mass is 9.96. The summed E-state index contributed by atoms with van der Waals surface area (Å²) in [7, 11) is 0. The molecule has 0 fully saturated rings. The molecule has 0 saturated heterocycles. The van der Waals surface area contributed by atoms with Gasteiger partial charge in [-0.1, -0.05) is 49.8 Å². The first-order valence-corrected chi connectivity index (χ1v) is 6.74. The molecule has 2 N–H and O–H groups in total. The van der Waals surface area contributed by atoms with Gasteiger partial charge in [-0.15, -0.1) is 0 Å². The van der Waals surface area contributed by atoms with Crippen molar-refractivity contribution in [3.8, 4) is 0 Å². The second-order valence-corrected chi connectivity index (χ2v) is 4.87. The smallest absolute Gasteiger partial charge is 0.244 e. The number of amides is 1. The molecule has 0 radical (unpaired) electrons. The van der Waals surface area contributed by atoms with Crippen molar-refractivity contribution >= 4 is 5.91 Å². The number of hydrogen-bond donors (Lipinski definition) is 2. The molecule has 0 aliphatic heterocycles. The zero-order chi connectivity index (χ0) is 14.3. The van der Waals surface area contributed by atoms with Crippen LogP contribution in [0.3, 0.4) is 0 Å². The number of allylic oxidation sites excluding steroid dienone is 1. The highest BCUT2D eigenvalue weighted by Crippen LogP contribution is 2.18. The van der Waals surface area contributed by atoms with E-state index in [1.807, 2.05) is 44.2 Å². The summed E-state index contributed by atoms with van der Waals surface area (Å²) in [5.41, 5.74) is 0.853. The molecule has 0 heterocycles. The van der Waals surface area contributed by atoms with E-state index in [2.05, 4.69) is 5.32 Å². The maximum atomic E-state index is 11.8. The Kier molecular flexibility index (Phi) is 5.77. The number of hydrogen-bond acceptors (Lipinski definition) is 2. The third-order valence-corrected chi connectivity index (χ3v) is 3.25. The third-order valence-electron chi connectivity index (χ3n) is 3.25. The Morgan fingerprint density at radius 3 is 2.37 bits per heavy atom. The number of rotatable bonds is 6. The van der Waals surface area contributed by atoms with Crippen LogP contribution >= 0.6 is 0 Å². The van der Waals surface area contributed by atoms with E-state index in [-0.39, 0.29) is 12.5 Å². The fourth-order valence-corrected chi connectivity index (χ4v) is 1.85. The van der Waals surface area contributed by atoms with E-state index in [0.717, 1.165) is 24.0 Å². The summed E-state index contributed by atoms with van der Waals surface area (Å²) >= 11 is 0. The van der Waals surface area contributed by atoms with Crippen molar-refractivity contribution in [2.75, 3.05) is 6.54 Å². The molecule has 0 saturated carbocycles. The standard InChI is InChI=1S/C16H23NO2/c1-4-13(5-2)11-15(18)17-12-16(3,19)14-9-7-6-8-10-14/h6-11,19H,4-5,12H2,1-3H3,(H,17,18). The molecule has 3 nitrogen and oxygen atoms in total. The Morgan fingerprint density at radius 2 is 1.84 bits per heavy atom. The zero-order valence-electron chi connectivity index (χ0n) is 11.9. The Balaban J connectivity index is 2.61. The molecule has 0 aliphatic carbocycles. The molecule has 0 aliphatic rings. The van der Waals surface area contributed by atoms with Gasteiger partial charge < -0.3 is 10.4 Å². The maximum absolute atomic E-state index is 11.8. The molecule has 0 aromatic heterocycles. The van der Waals surface area contributed by atoms with Gasteiger partial charge in [-0.2, -0.15) is 0 Å². The van der Waals surface area contributed by atoms with E-state index >= 15 is 0 Å². The first-order chi connectivity index (χ1) is 8.99. The Labute approximate surface area is 115 Å². The van der Waals surface area contributed by atoms with Crippen molar-refractivity contribution in [2.45, 2.75) is 39.2 Å². The normalized spacial score (nSPS) is 13.5. The fraction of sp³-hybridized carbons (Fsp3) is 0.438. The Hall–Kier alpha value is -1.61. The highest BCUT2D eigenvalue weighted by Gasteiger charge is 2.22. The maximum Gasteiger partial charge on any atom is 0.244 e. The summed E-state index contributed by atoms with van der Waals surface area (Å²) in [6.45, 7) is 5.96. The van der Waals surface area contributed by atoms with Crippen molar-refractivity contribution in [1.82, 2.24) is 5.32 Å². The monoisotopic (exact) mass is 261 g/mol. The van der Waals surface area contributed by atoms with Crippen molar-refractivity contribution in [3.63, 3.8) is 0 Å². The SMILES string of the molecule is CCC(=CC(=O)NCC(C)(O)c1ccccc1)CC. The summed E-state index contributed by atoms with van der Waals surface area (Å²) in [5.74, 6) is -0.144. The van der Waals surface area contributed by atoms with Crippen LogP contribution in [0.1, 0.15) is 39.2 Å². The van der Waals surface area contributed by atoms with E-state index in [1.54, 1.807) is 13.0 Å². The van der Waals surface area contributed by atoms with Crippen LogP contribution in [0, 0.1) is 0 Å². The van der Waals surface area contributed by atoms with Crippen LogP contribution in [0.25, 0.3) is 0 Å². The van der Waals surface area contributed by atoms with Crippen LogP contribution in [0.5, 0.6) is 0 Å². The van der Waals surface area contributed by atoms with Gasteiger partial charge in [0, 0.05) is 6.08 Å². The topological polar surface area (TPSA) is 49.3 Å². The van der Waals surface area contributed by atoms with Crippen LogP contribution in [0.4, 0.5) is 0 Å². The largest absolute Gasteiger partial charge is 0.384 e. The van der Waals surface area contributed by atoms with Crippen LogP contribution in [-0.2, 0) is 10.4 Å². The van der Waals surface area contributed by atoms with E-state index in [0.29, 0.717) is 0 Å². The van der Waals surface area contributed by atoms with Gasteiger partial charge >= 0.3 is 0 Å². The quantitative estimate of drug-likeness (QED) is 0.774. The molecule has 3 heteroatoms. The second-order valence-electron chi connectivity index (χ2n) is 4.87. The number of carbonyl (C=O) groups excluding carboxylic acids is 1. The number of nitrogens with one attached hydrogen (secondary N) is 1. The van der Waals surface area contributed by atoms with Gasteiger partial charge in [0.15, 0.2) is 0 Å². The minimum absolute atomic E-state index is 0.144. The highest BCUT2D eigenvalue weighted by atomic mass is 16.3. The van der Waals surface area contributed by atoms with Gasteiger partial charge in [-0.25, -0.2) is 0 Å². The first-order valence-electron chi connectivity index (χ1n) is 6.74. The van der Waals surface area contributed by atoms with Crippen molar-refractivity contribution in [2.24, 2.45) is 0 Å². The predicted octanol–water partition coefficient (Wildman–Crippen LogP) is 2.76. The molecular weight excluding hydrogens is 238 g/mol. The van der Waals surface area contributed by atoms with Gasteiger partial charge in [0.2, 0.25) is 5.91 Å². The molecule has 1 amide bonds. The summed E-state index contributed by atoms with van der Waals surface area (Å²) in [6, 6.07) is 9.35. The van der Waals surface area contributed by atoms with E-state index in [9.17, 15) is 9.90 Å². The van der Waals surface area contributed by atoms with E-state index in [4.69, 9.17) is 0 Å². The zero-order valence-corrected chi connectivity index (χ0v) is 11.9. The lowest BCUT2D eigenvalue weighted by molar-refractivity contribution is -0.117. The van der Waals surface area contributed by atoms with Gasteiger partial charge in [-0.05, 0) is 25.3 Å². The summed E-state index contributed by atoms with van der Waals surface area (Å²) in [4.78, 5) is 11.8. The van der Waals surface area contributed by atoms with Crippen molar-refractivity contribution < 1.29 is 9.90 Å². The van der Waals surface area contributed by atoms with Crippen LogP contribution in [-0.4, -0.2) is 17.6 Å². The van der Waals surface area contributed by atoms with Crippen molar-refractivity contribution in [1.29, 1.82) is 0 Å². The fourth-order valence-electron chi connectivity index (χ4n) is 1.85. The molecule has 1 rings (SSSR count). The lowest BCUT2D eigenvalue weighted by Crippen LogP contribution is -2.38. The molecule has 0 bridgehead atoms. The number of benzene rings is 1. The van der Waals surface area contributed by atoms with Gasteiger partial charge in [0.05, 0.1) is 6.54 Å². The van der Waals surface area contributed by atoms with E-state index < -0.39 is 5.60 Å². The van der Waals surface area contributed by atoms with E-state index in [1.165, 1.54) is 0 Å². The molecular formula is C16H23NO2. The first kappa shape index (κ1) is 15.4. The third kappa shape index (κ3) is 4.87. The minimum atomic E-state index is -1.05. The van der Waals surface area contributed by atoms with Crippen LogP contribution < -0.4 is 5.32 Å². The minimum Gasteiger partial charge on any atom is -0.384 e.